The third-order valence-corrected chi connectivity index (χ3v) is 4.04. The summed E-state index contributed by atoms with van der Waals surface area (Å²) in [6.07, 6.45) is 3.39. The van der Waals surface area contributed by atoms with Crippen molar-refractivity contribution in [2.24, 2.45) is 0 Å². The maximum absolute atomic E-state index is 12.1. The lowest BCUT2D eigenvalue weighted by molar-refractivity contribution is -0.137. The second kappa shape index (κ2) is 11.4. The Balaban J connectivity index is 1.69. The molecule has 0 radical (unpaired) electrons. The number of carbonyl (C=O) groups excluding carboxylic acids is 2. The van der Waals surface area contributed by atoms with Crippen LogP contribution in [-0.2, 0) is 4.79 Å². The number of unbranched alkanes of at least 4 members (excludes halogenated alkanes) is 3. The zero-order valence-corrected chi connectivity index (χ0v) is 15.6. The van der Waals surface area contributed by atoms with Crippen LogP contribution in [0.5, 0.6) is 0 Å². The van der Waals surface area contributed by atoms with Gasteiger partial charge in [0.05, 0.1) is 0 Å². The molecule has 0 spiro atoms. The fourth-order valence-corrected chi connectivity index (χ4v) is 2.58. The Bertz CT molecular complexity index is 776. The quantitative estimate of drug-likeness (QED) is 0.463. The number of aliphatic carboxylic acids is 1. The predicted molar refractivity (Wildman–Crippen MR) is 109 cm³/mol. The zero-order valence-electron chi connectivity index (χ0n) is 15.6. The molecule has 2 rings (SSSR count). The Labute approximate surface area is 164 Å². The number of carboxylic acid groups (broad SMARTS) is 1. The Morgan fingerprint density at radius 2 is 1.36 bits per heavy atom. The number of urea groups is 1. The zero-order chi connectivity index (χ0) is 20.2. The van der Waals surface area contributed by atoms with Crippen LogP contribution in [0, 0.1) is 0 Å². The van der Waals surface area contributed by atoms with Crippen molar-refractivity contribution in [1.29, 1.82) is 0 Å². The molecule has 3 amide bonds. The molecule has 0 saturated carbocycles. The molecular weight excluding hydrogens is 358 g/mol. The molecule has 0 unspecified atom stereocenters. The summed E-state index contributed by atoms with van der Waals surface area (Å²) in [5.41, 5.74) is 1.79. The minimum absolute atomic E-state index is 0.175. The van der Waals surface area contributed by atoms with Gasteiger partial charge in [-0.25, -0.2) is 4.79 Å². The molecule has 0 aliphatic rings. The van der Waals surface area contributed by atoms with Gasteiger partial charge in [-0.2, -0.15) is 0 Å². The molecule has 0 saturated heterocycles. The van der Waals surface area contributed by atoms with E-state index in [9.17, 15) is 14.4 Å². The fourth-order valence-electron chi connectivity index (χ4n) is 2.58. The molecule has 7 nitrogen and oxygen atoms in total. The smallest absolute Gasteiger partial charge is 0.323 e. The number of anilines is 2. The van der Waals surface area contributed by atoms with Gasteiger partial charge in [-0.1, -0.05) is 31.0 Å². The van der Waals surface area contributed by atoms with Crippen molar-refractivity contribution in [3.05, 3.63) is 60.2 Å². The van der Waals surface area contributed by atoms with Crippen LogP contribution in [0.25, 0.3) is 0 Å². The largest absolute Gasteiger partial charge is 0.481 e. The molecule has 0 bridgehead atoms. The maximum Gasteiger partial charge on any atom is 0.323 e. The topological polar surface area (TPSA) is 108 Å². The summed E-state index contributed by atoms with van der Waals surface area (Å²) in [6, 6.07) is 15.4. The standard InChI is InChI=1S/C21H25N3O4/c25-19(26)10-6-1-2-7-15-22-20(27)16-11-13-18(14-12-16)24-21(28)23-17-8-4-3-5-9-17/h3-5,8-9,11-14H,1-2,6-7,10,15H2,(H,22,27)(H,25,26)(H2,23,24,28). The molecule has 7 heteroatoms. The summed E-state index contributed by atoms with van der Waals surface area (Å²) < 4.78 is 0. The van der Waals surface area contributed by atoms with Crippen LogP contribution in [0.3, 0.4) is 0 Å². The van der Waals surface area contributed by atoms with Gasteiger partial charge in [-0.15, -0.1) is 0 Å². The Morgan fingerprint density at radius 1 is 0.750 bits per heavy atom. The lowest BCUT2D eigenvalue weighted by Gasteiger charge is -2.09. The first-order chi connectivity index (χ1) is 13.5. The molecular formula is C21H25N3O4. The second-order valence-corrected chi connectivity index (χ2v) is 6.34. The molecule has 148 valence electrons. The van der Waals surface area contributed by atoms with E-state index in [0.717, 1.165) is 19.3 Å². The van der Waals surface area contributed by atoms with E-state index in [1.165, 1.54) is 0 Å². The number of hydrogen-bond acceptors (Lipinski definition) is 3. The van der Waals surface area contributed by atoms with Gasteiger partial charge in [0.1, 0.15) is 0 Å². The van der Waals surface area contributed by atoms with Gasteiger partial charge in [0, 0.05) is 29.9 Å². The lowest BCUT2D eigenvalue weighted by atomic mass is 10.1. The Kier molecular flexibility index (Phi) is 8.52. The van der Waals surface area contributed by atoms with E-state index in [4.69, 9.17) is 5.11 Å². The van der Waals surface area contributed by atoms with Gasteiger partial charge >= 0.3 is 12.0 Å². The van der Waals surface area contributed by atoms with Crippen molar-refractivity contribution >= 4 is 29.3 Å². The van der Waals surface area contributed by atoms with E-state index in [2.05, 4.69) is 16.0 Å². The van der Waals surface area contributed by atoms with Crippen molar-refractivity contribution < 1.29 is 19.5 Å². The molecule has 4 N–H and O–H groups in total. The van der Waals surface area contributed by atoms with Crippen molar-refractivity contribution in [2.45, 2.75) is 32.1 Å². The van der Waals surface area contributed by atoms with Crippen LogP contribution in [0.1, 0.15) is 42.5 Å². The van der Waals surface area contributed by atoms with E-state index in [0.29, 0.717) is 29.9 Å². The summed E-state index contributed by atoms with van der Waals surface area (Å²) in [7, 11) is 0. The lowest BCUT2D eigenvalue weighted by Crippen LogP contribution is -2.24. The fraction of sp³-hybridized carbons (Fsp3) is 0.286. The van der Waals surface area contributed by atoms with Crippen LogP contribution in [0.4, 0.5) is 16.2 Å². The van der Waals surface area contributed by atoms with Gasteiger partial charge in [-0.05, 0) is 49.2 Å². The van der Waals surface area contributed by atoms with Crippen LogP contribution in [-0.4, -0.2) is 29.6 Å². The minimum Gasteiger partial charge on any atom is -0.481 e. The third-order valence-electron chi connectivity index (χ3n) is 4.04. The monoisotopic (exact) mass is 383 g/mol. The van der Waals surface area contributed by atoms with Crippen molar-refractivity contribution in [1.82, 2.24) is 5.32 Å². The molecule has 0 fully saturated rings. The number of amides is 3. The average molecular weight is 383 g/mol. The summed E-state index contributed by atoms with van der Waals surface area (Å²) >= 11 is 0. The molecule has 0 aliphatic heterocycles. The molecule has 28 heavy (non-hydrogen) atoms. The SMILES string of the molecule is O=C(O)CCCCCCNC(=O)c1ccc(NC(=O)Nc2ccccc2)cc1. The first-order valence-corrected chi connectivity index (χ1v) is 9.28. The van der Waals surface area contributed by atoms with Crippen LogP contribution >= 0.6 is 0 Å². The van der Waals surface area contributed by atoms with Gasteiger partial charge in [0.2, 0.25) is 0 Å². The number of carboxylic acids is 1. The summed E-state index contributed by atoms with van der Waals surface area (Å²) in [5.74, 6) is -0.949. The summed E-state index contributed by atoms with van der Waals surface area (Å²) in [4.78, 5) is 34.5. The number of benzene rings is 2. The van der Waals surface area contributed by atoms with Gasteiger partial charge < -0.3 is 21.1 Å². The first kappa shape index (κ1) is 21.0. The van der Waals surface area contributed by atoms with Crippen molar-refractivity contribution in [3.63, 3.8) is 0 Å². The van der Waals surface area contributed by atoms with E-state index in [1.54, 1.807) is 36.4 Å². The van der Waals surface area contributed by atoms with Gasteiger partial charge in [0.25, 0.3) is 5.91 Å². The number of nitrogens with one attached hydrogen (secondary N) is 3. The predicted octanol–water partition coefficient (Wildman–Crippen LogP) is 4.10. The number of para-hydroxylation sites is 1. The molecule has 2 aromatic carbocycles. The molecule has 0 heterocycles. The highest BCUT2D eigenvalue weighted by atomic mass is 16.4. The van der Waals surface area contributed by atoms with E-state index in [1.807, 2.05) is 18.2 Å². The van der Waals surface area contributed by atoms with E-state index < -0.39 is 5.97 Å². The summed E-state index contributed by atoms with van der Waals surface area (Å²) in [5, 5.41) is 16.8. The van der Waals surface area contributed by atoms with E-state index in [-0.39, 0.29) is 18.4 Å². The molecule has 0 aliphatic carbocycles. The van der Waals surface area contributed by atoms with Gasteiger partial charge in [-0.3, -0.25) is 9.59 Å². The minimum atomic E-state index is -0.774. The average Bonchev–Trinajstić information content (AvgIpc) is 2.68. The Morgan fingerprint density at radius 3 is 2.00 bits per heavy atom. The normalized spacial score (nSPS) is 10.1. The van der Waals surface area contributed by atoms with Gasteiger partial charge in [0.15, 0.2) is 0 Å². The molecule has 0 atom stereocenters. The van der Waals surface area contributed by atoms with Crippen molar-refractivity contribution in [2.75, 3.05) is 17.2 Å². The van der Waals surface area contributed by atoms with Crippen LogP contribution < -0.4 is 16.0 Å². The summed E-state index contributed by atoms with van der Waals surface area (Å²) in [6.45, 7) is 0.547. The third kappa shape index (κ3) is 7.90. The molecule has 0 aromatic heterocycles. The number of rotatable bonds is 10. The maximum atomic E-state index is 12.1. The highest BCUT2D eigenvalue weighted by Crippen LogP contribution is 2.11. The van der Waals surface area contributed by atoms with Crippen molar-refractivity contribution in [3.8, 4) is 0 Å². The highest BCUT2D eigenvalue weighted by Gasteiger charge is 2.06. The number of hydrogen-bond donors (Lipinski definition) is 4. The van der Waals surface area contributed by atoms with Crippen LogP contribution in [0.15, 0.2) is 54.6 Å². The van der Waals surface area contributed by atoms with Crippen LogP contribution in [0.2, 0.25) is 0 Å². The second-order valence-electron chi connectivity index (χ2n) is 6.34. The Hall–Kier alpha value is -3.35. The first-order valence-electron chi connectivity index (χ1n) is 9.28. The molecule has 2 aromatic rings. The highest BCUT2D eigenvalue weighted by molar-refractivity contribution is 6.00. The van der Waals surface area contributed by atoms with E-state index >= 15 is 0 Å². The number of carbonyl (C=O) groups is 3.